The fraction of sp³-hybridized carbons (Fsp3) is 0.474. The van der Waals surface area contributed by atoms with Gasteiger partial charge in [-0.25, -0.2) is 23.3 Å². The summed E-state index contributed by atoms with van der Waals surface area (Å²) in [6.07, 6.45) is 4.77. The smallest absolute Gasteiger partial charge is 0.407 e. The van der Waals surface area contributed by atoms with Crippen LogP contribution in [0.4, 0.5) is 4.79 Å². The number of primary sulfonamides is 1. The topological polar surface area (TPSA) is 111 Å². The van der Waals surface area contributed by atoms with Crippen LogP contribution in [0, 0.1) is 0 Å². The highest BCUT2D eigenvalue weighted by Gasteiger charge is 2.26. The Kier molecular flexibility index (Phi) is 6.36. The lowest BCUT2D eigenvalue weighted by Crippen LogP contribution is -2.38. The summed E-state index contributed by atoms with van der Waals surface area (Å²) in [4.78, 5) is 17.2. The Morgan fingerprint density at radius 3 is 2.57 bits per heavy atom. The first-order valence-corrected chi connectivity index (χ1v) is 11.7. The molecule has 3 rings (SSSR count). The number of nitrogens with one attached hydrogen (secondary N) is 1. The van der Waals surface area contributed by atoms with Crippen LogP contribution < -0.4 is 10.5 Å². The molecule has 1 aliphatic carbocycles. The van der Waals surface area contributed by atoms with Gasteiger partial charge in [-0.2, -0.15) is 0 Å². The van der Waals surface area contributed by atoms with Crippen molar-refractivity contribution in [3.8, 4) is 10.4 Å². The molecule has 0 saturated heterocycles. The third-order valence-electron chi connectivity index (χ3n) is 4.72. The van der Waals surface area contributed by atoms with Crippen LogP contribution in [-0.2, 0) is 14.8 Å². The summed E-state index contributed by atoms with van der Waals surface area (Å²) < 4.78 is 28.8. The van der Waals surface area contributed by atoms with Crippen LogP contribution in [0.1, 0.15) is 50.5 Å². The van der Waals surface area contributed by atoms with Crippen molar-refractivity contribution >= 4 is 27.5 Å². The highest BCUT2D eigenvalue weighted by molar-refractivity contribution is 7.89. The monoisotopic (exact) mass is 423 g/mol. The van der Waals surface area contributed by atoms with Crippen LogP contribution in [0.25, 0.3) is 10.4 Å². The second kappa shape index (κ2) is 8.59. The van der Waals surface area contributed by atoms with Crippen LogP contribution in [0.15, 0.2) is 35.4 Å². The molecule has 1 aromatic heterocycles. The number of hydrogen-bond donors (Lipinski definition) is 2. The summed E-state index contributed by atoms with van der Waals surface area (Å²) in [6.45, 7) is 3.65. The van der Waals surface area contributed by atoms with Gasteiger partial charge < -0.3 is 10.1 Å². The quantitative estimate of drug-likeness (QED) is 0.763. The van der Waals surface area contributed by atoms with E-state index >= 15 is 0 Å². The first kappa shape index (κ1) is 20.8. The second-order valence-corrected chi connectivity index (χ2v) is 9.84. The predicted molar refractivity (Wildman–Crippen MR) is 109 cm³/mol. The van der Waals surface area contributed by atoms with Crippen molar-refractivity contribution in [1.82, 2.24) is 10.3 Å². The van der Waals surface area contributed by atoms with E-state index in [1.807, 2.05) is 13.8 Å². The standard InChI is InChI=1S/C19H25N3O4S2/c1-12(2)26-19(23)22-14-9-7-13(8-10-14)18-21-11-16(27-18)15-5-3-4-6-17(15)28(20,24)25/h3-6,11-14H,7-10H2,1-2H3,(H,22,23)(H2,20,24,25)/t13-,14-. The maximum absolute atomic E-state index is 11.8. The Labute approximate surface area is 169 Å². The molecule has 0 bridgehead atoms. The Morgan fingerprint density at radius 1 is 1.25 bits per heavy atom. The van der Waals surface area contributed by atoms with Crippen molar-refractivity contribution in [3.63, 3.8) is 0 Å². The van der Waals surface area contributed by atoms with Crippen molar-refractivity contribution in [2.24, 2.45) is 5.14 Å². The van der Waals surface area contributed by atoms with Gasteiger partial charge in [0.05, 0.1) is 20.9 Å². The molecule has 1 fully saturated rings. The fourth-order valence-corrected chi connectivity index (χ4v) is 5.36. The van der Waals surface area contributed by atoms with Gasteiger partial charge in [-0.05, 0) is 45.6 Å². The van der Waals surface area contributed by atoms with E-state index in [0.717, 1.165) is 35.6 Å². The number of rotatable bonds is 5. The molecule has 0 atom stereocenters. The van der Waals surface area contributed by atoms with Crippen LogP contribution in [0.5, 0.6) is 0 Å². The van der Waals surface area contributed by atoms with E-state index in [2.05, 4.69) is 10.3 Å². The lowest BCUT2D eigenvalue weighted by molar-refractivity contribution is 0.109. The number of nitrogens with two attached hydrogens (primary N) is 1. The van der Waals surface area contributed by atoms with Gasteiger partial charge >= 0.3 is 6.09 Å². The predicted octanol–water partition coefficient (Wildman–Crippen LogP) is 3.62. The molecule has 0 aliphatic heterocycles. The lowest BCUT2D eigenvalue weighted by Gasteiger charge is -2.28. The van der Waals surface area contributed by atoms with Crippen molar-refractivity contribution < 1.29 is 17.9 Å². The molecule has 1 heterocycles. The van der Waals surface area contributed by atoms with E-state index in [1.54, 1.807) is 24.4 Å². The molecule has 28 heavy (non-hydrogen) atoms. The Balaban J connectivity index is 1.66. The molecular formula is C19H25N3O4S2. The maximum Gasteiger partial charge on any atom is 0.407 e. The van der Waals surface area contributed by atoms with Crippen molar-refractivity contribution in [2.45, 2.75) is 62.5 Å². The molecule has 9 heteroatoms. The molecule has 0 radical (unpaired) electrons. The van der Waals surface area contributed by atoms with E-state index in [4.69, 9.17) is 9.88 Å². The summed E-state index contributed by atoms with van der Waals surface area (Å²) >= 11 is 1.50. The minimum Gasteiger partial charge on any atom is -0.447 e. The van der Waals surface area contributed by atoms with Crippen LogP contribution in [0.2, 0.25) is 0 Å². The molecule has 1 saturated carbocycles. The number of alkyl carbamates (subject to hydrolysis) is 1. The van der Waals surface area contributed by atoms with Gasteiger partial charge in [-0.1, -0.05) is 18.2 Å². The number of carbonyl (C=O) groups is 1. The van der Waals surface area contributed by atoms with Gasteiger partial charge in [0.1, 0.15) is 0 Å². The molecule has 7 nitrogen and oxygen atoms in total. The number of nitrogens with zero attached hydrogens (tertiary/aromatic N) is 1. The van der Waals surface area contributed by atoms with Gasteiger partial charge in [0.2, 0.25) is 10.0 Å². The normalized spacial score (nSPS) is 20.1. The van der Waals surface area contributed by atoms with Gasteiger partial charge in [-0.3, -0.25) is 0 Å². The first-order chi connectivity index (χ1) is 13.2. The number of thiazole rings is 1. The molecule has 0 spiro atoms. The van der Waals surface area contributed by atoms with E-state index in [0.29, 0.717) is 11.5 Å². The summed E-state index contributed by atoms with van der Waals surface area (Å²) in [6, 6.07) is 6.82. The van der Waals surface area contributed by atoms with E-state index in [9.17, 15) is 13.2 Å². The Bertz CT molecular complexity index is 932. The number of hydrogen-bond acceptors (Lipinski definition) is 6. The lowest BCUT2D eigenvalue weighted by atomic mass is 9.86. The van der Waals surface area contributed by atoms with Crippen molar-refractivity contribution in [3.05, 3.63) is 35.5 Å². The number of benzene rings is 1. The molecule has 3 N–H and O–H groups in total. The molecule has 1 aromatic carbocycles. The van der Waals surface area contributed by atoms with Gasteiger partial charge in [0.15, 0.2) is 0 Å². The zero-order valence-electron chi connectivity index (χ0n) is 15.9. The van der Waals surface area contributed by atoms with E-state index in [-0.39, 0.29) is 23.1 Å². The van der Waals surface area contributed by atoms with Crippen molar-refractivity contribution in [1.29, 1.82) is 0 Å². The molecule has 152 valence electrons. The zero-order chi connectivity index (χ0) is 20.3. The highest BCUT2D eigenvalue weighted by atomic mass is 32.2. The highest BCUT2D eigenvalue weighted by Crippen LogP contribution is 2.39. The SMILES string of the molecule is CC(C)OC(=O)N[C@H]1CC[C@H](c2ncc(-c3ccccc3S(N)(=O)=O)s2)CC1. The van der Waals surface area contributed by atoms with Crippen LogP contribution >= 0.6 is 11.3 Å². The van der Waals surface area contributed by atoms with E-state index in [1.165, 1.54) is 17.4 Å². The summed E-state index contributed by atoms with van der Waals surface area (Å²) in [7, 11) is -3.80. The molecule has 0 unspecified atom stereocenters. The van der Waals surface area contributed by atoms with Gasteiger partial charge in [0.25, 0.3) is 0 Å². The fourth-order valence-electron chi connectivity index (χ4n) is 3.42. The summed E-state index contributed by atoms with van der Waals surface area (Å²) in [5.41, 5.74) is 0.584. The summed E-state index contributed by atoms with van der Waals surface area (Å²) in [5, 5.41) is 9.25. The minimum atomic E-state index is -3.80. The number of carbonyl (C=O) groups excluding carboxylic acids is 1. The van der Waals surface area contributed by atoms with Crippen LogP contribution in [0.3, 0.4) is 0 Å². The molecule has 1 aliphatic rings. The third-order valence-corrected chi connectivity index (χ3v) is 6.89. The molecule has 1 amide bonds. The third kappa shape index (κ3) is 5.09. The Hall–Kier alpha value is -1.97. The van der Waals surface area contributed by atoms with E-state index < -0.39 is 10.0 Å². The number of sulfonamides is 1. The van der Waals surface area contributed by atoms with Crippen LogP contribution in [-0.4, -0.2) is 31.6 Å². The molecular weight excluding hydrogens is 398 g/mol. The largest absolute Gasteiger partial charge is 0.447 e. The van der Waals surface area contributed by atoms with Gasteiger partial charge in [-0.15, -0.1) is 11.3 Å². The minimum absolute atomic E-state index is 0.113. The average Bonchev–Trinajstić information content (AvgIpc) is 3.11. The second-order valence-electron chi connectivity index (χ2n) is 7.25. The number of ether oxygens (including phenoxy) is 1. The Morgan fingerprint density at radius 2 is 1.93 bits per heavy atom. The average molecular weight is 424 g/mol. The maximum atomic E-state index is 11.8. The van der Waals surface area contributed by atoms with Gasteiger partial charge in [0, 0.05) is 23.7 Å². The zero-order valence-corrected chi connectivity index (χ0v) is 17.6. The first-order valence-electron chi connectivity index (χ1n) is 9.29. The number of aromatic nitrogens is 1. The van der Waals surface area contributed by atoms with Crippen molar-refractivity contribution in [2.75, 3.05) is 0 Å². The molecule has 2 aromatic rings. The number of amides is 1. The summed E-state index contributed by atoms with van der Waals surface area (Å²) in [5.74, 6) is 0.305.